The molecule has 2 N–H and O–H groups in total. The van der Waals surface area contributed by atoms with E-state index in [-0.39, 0.29) is 24.4 Å². The maximum atomic E-state index is 6.49. The Morgan fingerprint density at radius 1 is 0.800 bits per heavy atom. The second kappa shape index (κ2) is 8.61. The molecule has 0 radical (unpaired) electrons. The second-order valence-corrected chi connectivity index (χ2v) is 23.1. The SMILES string of the molecule is COC1OC(CO[Si](C)(C)C)C(O[Si](C)(C)C)C(O[Si](C)(C)C)C1N. The summed E-state index contributed by atoms with van der Waals surface area (Å²) in [5.41, 5.74) is 6.44. The topological polar surface area (TPSA) is 72.2 Å². The van der Waals surface area contributed by atoms with Crippen molar-refractivity contribution < 1.29 is 22.8 Å². The summed E-state index contributed by atoms with van der Waals surface area (Å²) in [6.07, 6.45) is -1.26. The van der Waals surface area contributed by atoms with E-state index in [2.05, 4.69) is 58.9 Å². The van der Waals surface area contributed by atoms with E-state index in [1.165, 1.54) is 0 Å². The molecule has 0 amide bonds. The zero-order valence-electron chi connectivity index (χ0n) is 17.7. The Hall–Kier alpha value is 0.411. The summed E-state index contributed by atoms with van der Waals surface area (Å²) in [6, 6.07) is -0.388. The minimum Gasteiger partial charge on any atom is -0.415 e. The molecule has 1 aliphatic rings. The summed E-state index contributed by atoms with van der Waals surface area (Å²) >= 11 is 0. The van der Waals surface area contributed by atoms with Crippen LogP contribution in [0.15, 0.2) is 0 Å². The molecule has 0 aromatic rings. The Kier molecular flexibility index (Phi) is 8.08. The lowest BCUT2D eigenvalue weighted by atomic mass is 9.98. The van der Waals surface area contributed by atoms with E-state index < -0.39 is 31.2 Å². The third kappa shape index (κ3) is 8.31. The molecule has 0 aromatic carbocycles. The van der Waals surface area contributed by atoms with Crippen LogP contribution in [0.4, 0.5) is 0 Å². The van der Waals surface area contributed by atoms with Crippen LogP contribution in [0.1, 0.15) is 0 Å². The highest BCUT2D eigenvalue weighted by atomic mass is 28.4. The third-order valence-corrected chi connectivity index (χ3v) is 6.58. The number of ether oxygens (including phenoxy) is 2. The first-order valence-electron chi connectivity index (χ1n) is 9.06. The lowest BCUT2D eigenvalue weighted by molar-refractivity contribution is -0.250. The lowest BCUT2D eigenvalue weighted by Gasteiger charge is -2.48. The van der Waals surface area contributed by atoms with E-state index in [1.54, 1.807) is 7.11 Å². The normalized spacial score (nSPS) is 32.0. The number of rotatable bonds is 8. The van der Waals surface area contributed by atoms with Crippen LogP contribution in [0.5, 0.6) is 0 Å². The second-order valence-electron chi connectivity index (χ2n) is 9.67. The number of hydrogen-bond donors (Lipinski definition) is 1. The zero-order chi connectivity index (χ0) is 19.6. The lowest BCUT2D eigenvalue weighted by Crippen LogP contribution is -2.67. The standard InChI is InChI=1S/C16H39NO5Si3/c1-18-16-13(17)15(22-25(8,9)10)14(21-24(5,6)7)12(20-16)11-19-23(2,3)4/h12-16H,11,17H2,1-10H3. The molecule has 6 nitrogen and oxygen atoms in total. The van der Waals surface area contributed by atoms with Crippen LogP contribution in [-0.2, 0) is 22.8 Å². The summed E-state index contributed by atoms with van der Waals surface area (Å²) in [7, 11) is -3.71. The first kappa shape index (κ1) is 23.5. The van der Waals surface area contributed by atoms with Crippen molar-refractivity contribution in [1.82, 2.24) is 0 Å². The Bertz CT molecular complexity index is 419. The van der Waals surface area contributed by atoms with Crippen LogP contribution in [0.3, 0.4) is 0 Å². The van der Waals surface area contributed by atoms with Gasteiger partial charge >= 0.3 is 0 Å². The van der Waals surface area contributed by atoms with Crippen molar-refractivity contribution >= 4 is 25.0 Å². The number of hydrogen-bond acceptors (Lipinski definition) is 6. The molecule has 0 aromatic heterocycles. The Morgan fingerprint density at radius 3 is 1.68 bits per heavy atom. The van der Waals surface area contributed by atoms with E-state index in [0.717, 1.165) is 0 Å². The van der Waals surface area contributed by atoms with Crippen molar-refractivity contribution in [3.05, 3.63) is 0 Å². The fourth-order valence-electron chi connectivity index (χ4n) is 2.71. The van der Waals surface area contributed by atoms with Crippen LogP contribution in [-0.4, -0.2) is 69.3 Å². The first-order chi connectivity index (χ1) is 11.1. The molecule has 0 aliphatic carbocycles. The zero-order valence-corrected chi connectivity index (χ0v) is 20.7. The Balaban J connectivity index is 3.11. The monoisotopic (exact) mass is 409 g/mol. The van der Waals surface area contributed by atoms with Crippen molar-refractivity contribution in [3.63, 3.8) is 0 Å². The fourth-order valence-corrected chi connectivity index (χ4v) is 5.58. The maximum absolute atomic E-state index is 6.49. The van der Waals surface area contributed by atoms with Crippen LogP contribution < -0.4 is 5.73 Å². The molecular formula is C16H39NO5Si3. The van der Waals surface area contributed by atoms with Gasteiger partial charge in [0.25, 0.3) is 0 Å². The quantitative estimate of drug-likeness (QED) is 0.621. The Morgan fingerprint density at radius 2 is 1.28 bits per heavy atom. The Labute approximate surface area is 157 Å². The molecular weight excluding hydrogens is 370 g/mol. The molecule has 0 saturated carbocycles. The van der Waals surface area contributed by atoms with Gasteiger partial charge in [-0.2, -0.15) is 0 Å². The van der Waals surface area contributed by atoms with Gasteiger partial charge in [0.15, 0.2) is 31.2 Å². The predicted octanol–water partition coefficient (Wildman–Crippen LogP) is 2.98. The molecule has 0 spiro atoms. The molecule has 1 saturated heterocycles. The predicted molar refractivity (Wildman–Crippen MR) is 109 cm³/mol. The van der Waals surface area contributed by atoms with Gasteiger partial charge in [-0.25, -0.2) is 0 Å². The van der Waals surface area contributed by atoms with E-state index in [4.69, 9.17) is 28.5 Å². The molecule has 9 heteroatoms. The van der Waals surface area contributed by atoms with Gasteiger partial charge in [0.05, 0.1) is 18.8 Å². The average molecular weight is 410 g/mol. The molecule has 5 atom stereocenters. The van der Waals surface area contributed by atoms with Crippen LogP contribution in [0.25, 0.3) is 0 Å². The number of methoxy groups -OCH3 is 1. The van der Waals surface area contributed by atoms with E-state index in [1.807, 2.05) is 0 Å². The van der Waals surface area contributed by atoms with Crippen LogP contribution in [0.2, 0.25) is 58.9 Å². The summed E-state index contributed by atoms with van der Waals surface area (Å²) in [5, 5.41) is 0. The van der Waals surface area contributed by atoms with Crippen molar-refractivity contribution in [2.45, 2.75) is 89.6 Å². The minimum atomic E-state index is -1.83. The first-order valence-corrected chi connectivity index (χ1v) is 19.3. The van der Waals surface area contributed by atoms with Gasteiger partial charge in [-0.1, -0.05) is 0 Å². The molecule has 1 heterocycles. The summed E-state index contributed by atoms with van der Waals surface area (Å²) in [6.45, 7) is 20.0. The highest BCUT2D eigenvalue weighted by molar-refractivity contribution is 6.70. The summed E-state index contributed by atoms with van der Waals surface area (Å²) < 4.78 is 30.7. The molecule has 25 heavy (non-hydrogen) atoms. The van der Waals surface area contributed by atoms with Gasteiger partial charge in [-0.05, 0) is 58.9 Å². The smallest absolute Gasteiger partial charge is 0.184 e. The van der Waals surface area contributed by atoms with E-state index in [9.17, 15) is 0 Å². The average Bonchev–Trinajstić information content (AvgIpc) is 2.38. The molecule has 1 aliphatic heterocycles. The molecule has 1 rings (SSSR count). The highest BCUT2D eigenvalue weighted by Crippen LogP contribution is 2.30. The maximum Gasteiger partial charge on any atom is 0.184 e. The van der Waals surface area contributed by atoms with Crippen LogP contribution >= 0.6 is 0 Å². The van der Waals surface area contributed by atoms with Gasteiger partial charge < -0.3 is 28.5 Å². The molecule has 1 fully saturated rings. The van der Waals surface area contributed by atoms with Crippen LogP contribution in [0, 0.1) is 0 Å². The number of nitrogens with two attached hydrogens (primary N) is 1. The highest BCUT2D eigenvalue weighted by Gasteiger charge is 2.48. The molecule has 0 bridgehead atoms. The largest absolute Gasteiger partial charge is 0.415 e. The fraction of sp³-hybridized carbons (Fsp3) is 1.00. The van der Waals surface area contributed by atoms with Gasteiger partial charge in [-0.15, -0.1) is 0 Å². The van der Waals surface area contributed by atoms with Crippen molar-refractivity contribution in [1.29, 1.82) is 0 Å². The molecule has 150 valence electrons. The minimum absolute atomic E-state index is 0.240. The third-order valence-electron chi connectivity index (χ3n) is 3.58. The van der Waals surface area contributed by atoms with Gasteiger partial charge in [-0.3, -0.25) is 0 Å². The van der Waals surface area contributed by atoms with Crippen molar-refractivity contribution in [2.75, 3.05) is 13.7 Å². The summed E-state index contributed by atoms with van der Waals surface area (Å²) in [5.74, 6) is 0. The van der Waals surface area contributed by atoms with E-state index >= 15 is 0 Å². The summed E-state index contributed by atoms with van der Waals surface area (Å²) in [4.78, 5) is 0. The van der Waals surface area contributed by atoms with Gasteiger partial charge in [0.2, 0.25) is 0 Å². The van der Waals surface area contributed by atoms with Crippen molar-refractivity contribution in [3.8, 4) is 0 Å². The molecule has 5 unspecified atom stereocenters. The van der Waals surface area contributed by atoms with E-state index in [0.29, 0.717) is 6.61 Å². The van der Waals surface area contributed by atoms with Gasteiger partial charge in [0.1, 0.15) is 12.2 Å². The van der Waals surface area contributed by atoms with Crippen molar-refractivity contribution in [2.24, 2.45) is 5.73 Å². The van der Waals surface area contributed by atoms with Gasteiger partial charge in [0, 0.05) is 7.11 Å².